The molecule has 0 fully saturated rings. The maximum atomic E-state index is 9.48. The molecule has 25 heavy (non-hydrogen) atoms. The molecule has 0 spiro atoms. The number of nitrogens with zero attached hydrogens (tertiary/aromatic N) is 3. The molecule has 0 radical (unpaired) electrons. The number of nitrogens with two attached hydrogens (primary N) is 1. The Morgan fingerprint density at radius 1 is 1.04 bits per heavy atom. The average Bonchev–Trinajstić information content (AvgIpc) is 2.66. The summed E-state index contributed by atoms with van der Waals surface area (Å²) in [7, 11) is 1.63. The topological polar surface area (TPSA) is 106 Å². The van der Waals surface area contributed by atoms with Crippen molar-refractivity contribution in [3.63, 3.8) is 0 Å². The van der Waals surface area contributed by atoms with E-state index in [1.165, 1.54) is 0 Å². The molecule has 128 valence electrons. The molecule has 1 aromatic heterocycles. The first-order chi connectivity index (χ1) is 12.2. The van der Waals surface area contributed by atoms with Gasteiger partial charge in [-0.15, -0.1) is 0 Å². The SMILES string of the molecule is COc1ccc(CNc2nc(N)nc(-c3ccccc3CO)n2)cc1. The summed E-state index contributed by atoms with van der Waals surface area (Å²) in [6.45, 7) is 0.435. The molecule has 4 N–H and O–H groups in total. The lowest BCUT2D eigenvalue weighted by atomic mass is 10.1. The van der Waals surface area contributed by atoms with Gasteiger partial charge in [-0.3, -0.25) is 0 Å². The number of rotatable bonds is 6. The van der Waals surface area contributed by atoms with Gasteiger partial charge in [-0.2, -0.15) is 15.0 Å². The van der Waals surface area contributed by atoms with Crippen LogP contribution in [0.4, 0.5) is 11.9 Å². The third-order valence-corrected chi connectivity index (χ3v) is 3.69. The third kappa shape index (κ3) is 4.02. The second kappa shape index (κ2) is 7.59. The summed E-state index contributed by atoms with van der Waals surface area (Å²) in [4.78, 5) is 12.7. The number of aromatic nitrogens is 3. The Bertz CT molecular complexity index is 852. The molecule has 2 aromatic carbocycles. The minimum Gasteiger partial charge on any atom is -0.497 e. The highest BCUT2D eigenvalue weighted by atomic mass is 16.5. The van der Waals surface area contributed by atoms with Gasteiger partial charge in [0.1, 0.15) is 5.75 Å². The van der Waals surface area contributed by atoms with Crippen LogP contribution in [0.3, 0.4) is 0 Å². The fourth-order valence-electron chi connectivity index (χ4n) is 2.39. The number of hydrogen-bond donors (Lipinski definition) is 3. The zero-order valence-electron chi connectivity index (χ0n) is 13.8. The molecule has 0 saturated carbocycles. The standard InChI is InChI=1S/C18H19N5O2/c1-25-14-8-6-12(7-9-14)10-20-18-22-16(21-17(19)23-18)15-5-3-2-4-13(15)11-24/h2-9,24H,10-11H2,1H3,(H3,19,20,21,22,23). The zero-order valence-corrected chi connectivity index (χ0v) is 13.8. The highest BCUT2D eigenvalue weighted by Gasteiger charge is 2.10. The third-order valence-electron chi connectivity index (χ3n) is 3.69. The van der Waals surface area contributed by atoms with Crippen molar-refractivity contribution >= 4 is 11.9 Å². The second-order valence-corrected chi connectivity index (χ2v) is 5.36. The van der Waals surface area contributed by atoms with Gasteiger partial charge in [0.2, 0.25) is 11.9 Å². The van der Waals surface area contributed by atoms with Gasteiger partial charge in [0, 0.05) is 12.1 Å². The lowest BCUT2D eigenvalue weighted by molar-refractivity contribution is 0.282. The van der Waals surface area contributed by atoms with Gasteiger partial charge >= 0.3 is 0 Å². The number of methoxy groups -OCH3 is 1. The molecule has 0 amide bonds. The summed E-state index contributed by atoms with van der Waals surface area (Å²) >= 11 is 0. The molecular weight excluding hydrogens is 318 g/mol. The van der Waals surface area contributed by atoms with E-state index in [4.69, 9.17) is 10.5 Å². The predicted molar refractivity (Wildman–Crippen MR) is 95.9 cm³/mol. The van der Waals surface area contributed by atoms with Crippen LogP contribution in [0.5, 0.6) is 5.75 Å². The van der Waals surface area contributed by atoms with Gasteiger partial charge < -0.3 is 20.9 Å². The van der Waals surface area contributed by atoms with Gasteiger partial charge in [-0.25, -0.2) is 0 Å². The summed E-state index contributed by atoms with van der Waals surface area (Å²) in [5.41, 5.74) is 8.33. The van der Waals surface area contributed by atoms with E-state index < -0.39 is 0 Å². The number of aliphatic hydroxyl groups is 1. The van der Waals surface area contributed by atoms with E-state index in [0.29, 0.717) is 18.3 Å². The molecule has 7 nitrogen and oxygen atoms in total. The van der Waals surface area contributed by atoms with Crippen LogP contribution in [0, 0.1) is 0 Å². The summed E-state index contributed by atoms with van der Waals surface area (Å²) in [6.07, 6.45) is 0. The largest absolute Gasteiger partial charge is 0.497 e. The Morgan fingerprint density at radius 3 is 2.52 bits per heavy atom. The summed E-state index contributed by atoms with van der Waals surface area (Å²) in [6, 6.07) is 15.1. The summed E-state index contributed by atoms with van der Waals surface area (Å²) < 4.78 is 5.14. The van der Waals surface area contributed by atoms with E-state index in [0.717, 1.165) is 22.4 Å². The minimum absolute atomic E-state index is 0.101. The Kier molecular flexibility index (Phi) is 5.06. The van der Waals surface area contributed by atoms with Crippen LogP contribution < -0.4 is 15.8 Å². The van der Waals surface area contributed by atoms with Crippen LogP contribution in [0.1, 0.15) is 11.1 Å². The Morgan fingerprint density at radius 2 is 1.80 bits per heavy atom. The highest BCUT2D eigenvalue weighted by Crippen LogP contribution is 2.22. The van der Waals surface area contributed by atoms with E-state index >= 15 is 0 Å². The smallest absolute Gasteiger partial charge is 0.228 e. The second-order valence-electron chi connectivity index (χ2n) is 5.36. The normalized spacial score (nSPS) is 10.5. The molecule has 0 bridgehead atoms. The predicted octanol–water partition coefficient (Wildman–Crippen LogP) is 2.23. The van der Waals surface area contributed by atoms with Gasteiger partial charge in [-0.1, -0.05) is 36.4 Å². The van der Waals surface area contributed by atoms with Crippen molar-refractivity contribution in [2.24, 2.45) is 0 Å². The number of benzene rings is 2. The molecule has 1 heterocycles. The van der Waals surface area contributed by atoms with Crippen LogP contribution in [-0.2, 0) is 13.2 Å². The van der Waals surface area contributed by atoms with Crippen molar-refractivity contribution in [2.45, 2.75) is 13.2 Å². The van der Waals surface area contributed by atoms with E-state index in [2.05, 4.69) is 20.3 Å². The first kappa shape index (κ1) is 16.7. The molecule has 3 aromatic rings. The van der Waals surface area contributed by atoms with E-state index in [1.54, 1.807) is 7.11 Å². The van der Waals surface area contributed by atoms with Gasteiger partial charge in [0.15, 0.2) is 5.82 Å². The molecule has 7 heteroatoms. The zero-order chi connectivity index (χ0) is 17.6. The monoisotopic (exact) mass is 337 g/mol. The molecule has 0 aliphatic rings. The number of nitrogens with one attached hydrogen (secondary N) is 1. The molecule has 3 rings (SSSR count). The van der Waals surface area contributed by atoms with Gasteiger partial charge in [-0.05, 0) is 23.3 Å². The fourth-order valence-corrected chi connectivity index (χ4v) is 2.39. The molecule has 0 saturated heterocycles. The molecule has 0 aliphatic carbocycles. The summed E-state index contributed by atoms with van der Waals surface area (Å²) in [5, 5.41) is 12.6. The highest BCUT2D eigenvalue weighted by molar-refractivity contribution is 5.62. The van der Waals surface area contributed by atoms with Crippen LogP contribution in [0.25, 0.3) is 11.4 Å². The fraction of sp³-hybridized carbons (Fsp3) is 0.167. The lowest BCUT2D eigenvalue weighted by Gasteiger charge is -2.10. The van der Waals surface area contributed by atoms with Crippen LogP contribution >= 0.6 is 0 Å². The first-order valence-electron chi connectivity index (χ1n) is 7.77. The maximum Gasteiger partial charge on any atom is 0.228 e. The van der Waals surface area contributed by atoms with Crippen molar-refractivity contribution in [1.29, 1.82) is 0 Å². The molecule has 0 unspecified atom stereocenters. The van der Waals surface area contributed by atoms with Gasteiger partial charge in [0.05, 0.1) is 13.7 Å². The number of nitrogen functional groups attached to an aromatic ring is 1. The molecular formula is C18H19N5O2. The number of ether oxygens (including phenoxy) is 1. The quantitative estimate of drug-likeness (QED) is 0.633. The Balaban J connectivity index is 1.81. The molecule has 0 aliphatic heterocycles. The molecule has 0 atom stereocenters. The van der Waals surface area contributed by atoms with E-state index in [9.17, 15) is 5.11 Å². The van der Waals surface area contributed by atoms with E-state index in [-0.39, 0.29) is 12.6 Å². The first-order valence-corrected chi connectivity index (χ1v) is 7.77. The number of hydrogen-bond acceptors (Lipinski definition) is 7. The Hall–Kier alpha value is -3.19. The summed E-state index contributed by atoms with van der Waals surface area (Å²) in [5.74, 6) is 1.73. The Labute approximate surface area is 145 Å². The lowest BCUT2D eigenvalue weighted by Crippen LogP contribution is -2.08. The minimum atomic E-state index is -0.101. The van der Waals surface area contributed by atoms with Crippen molar-refractivity contribution in [2.75, 3.05) is 18.2 Å². The van der Waals surface area contributed by atoms with Gasteiger partial charge in [0.25, 0.3) is 0 Å². The van der Waals surface area contributed by atoms with Crippen LogP contribution in [0.15, 0.2) is 48.5 Å². The van der Waals surface area contributed by atoms with Crippen LogP contribution in [0.2, 0.25) is 0 Å². The van der Waals surface area contributed by atoms with Crippen molar-refractivity contribution in [3.05, 3.63) is 59.7 Å². The maximum absolute atomic E-state index is 9.48. The van der Waals surface area contributed by atoms with Crippen molar-refractivity contribution in [3.8, 4) is 17.1 Å². The van der Waals surface area contributed by atoms with Crippen molar-refractivity contribution in [1.82, 2.24) is 15.0 Å². The van der Waals surface area contributed by atoms with E-state index in [1.807, 2.05) is 48.5 Å². The van der Waals surface area contributed by atoms with Crippen molar-refractivity contribution < 1.29 is 9.84 Å². The van der Waals surface area contributed by atoms with Crippen LogP contribution in [-0.4, -0.2) is 27.2 Å². The number of aliphatic hydroxyl groups excluding tert-OH is 1. The average molecular weight is 337 g/mol. The number of anilines is 2.